The highest BCUT2D eigenvalue weighted by Crippen LogP contribution is 2.46. The number of amides is 5. The van der Waals surface area contributed by atoms with Gasteiger partial charge in [0.25, 0.3) is 0 Å². The molecule has 7 heterocycles. The van der Waals surface area contributed by atoms with E-state index < -0.39 is 36.4 Å². The molecule has 2 atom stereocenters. The zero-order valence-corrected chi connectivity index (χ0v) is 40.8. The number of ether oxygens (including phenoxy) is 2. The standard InChI is InChI=1S/C55H58F3N9O7/c56-55(57,58)54(74-47-7-2-1-5-40(47)46-30-41-37(32-59)4-3-6-44(41)62-46)17-25-67(26-18-54)53(72)43-31-50(69)63-45-10-8-38(29-42(43)45)73-27-20-61-51(70)35-15-21-65(22-16-35)33-34-13-23-66(24-14-34)48-28-36(12-19-60-48)39-9-11-49(68)64-52(39)71/h1-8,10,12,19,28-30,34-35,39,43,62H,9,11,13-18,20-27,31,33H2,(H,61,70)(H,63,69)(H,64,68,71)/t39?,43-/m0/s1. The molecule has 4 saturated heterocycles. The summed E-state index contributed by atoms with van der Waals surface area (Å²) in [6.45, 7) is 4.25. The Bertz CT molecular complexity index is 2980. The predicted molar refractivity (Wildman–Crippen MR) is 268 cm³/mol. The van der Waals surface area contributed by atoms with Gasteiger partial charge in [0, 0.05) is 92.7 Å². The lowest BCUT2D eigenvalue weighted by Crippen LogP contribution is -2.58. The zero-order chi connectivity index (χ0) is 51.6. The summed E-state index contributed by atoms with van der Waals surface area (Å²) in [7, 11) is 0. The molecule has 0 aliphatic carbocycles. The molecule has 1 unspecified atom stereocenters. The molecule has 5 aliphatic rings. The summed E-state index contributed by atoms with van der Waals surface area (Å²) >= 11 is 0. The van der Waals surface area contributed by atoms with Crippen LogP contribution in [0.4, 0.5) is 24.7 Å². The van der Waals surface area contributed by atoms with Crippen molar-refractivity contribution in [3.05, 3.63) is 102 Å². The van der Waals surface area contributed by atoms with Crippen molar-refractivity contribution in [1.82, 2.24) is 30.4 Å². The molecule has 10 rings (SSSR count). The second-order valence-electron chi connectivity index (χ2n) is 20.1. The number of hydrogen-bond acceptors (Lipinski definition) is 11. The number of aromatic amines is 1. The molecule has 3 aromatic carbocycles. The van der Waals surface area contributed by atoms with Gasteiger partial charge in [0.05, 0.1) is 35.7 Å². The van der Waals surface area contributed by atoms with Gasteiger partial charge in [0.15, 0.2) is 0 Å². The maximum Gasteiger partial charge on any atom is 0.428 e. The number of carbonyl (C=O) groups is 5. The Morgan fingerprint density at radius 1 is 0.865 bits per heavy atom. The molecule has 0 spiro atoms. The van der Waals surface area contributed by atoms with E-state index in [2.05, 4.69) is 41.8 Å². The Kier molecular flexibility index (Phi) is 14.3. The molecule has 16 nitrogen and oxygen atoms in total. The minimum absolute atomic E-state index is 0.00870. The van der Waals surface area contributed by atoms with E-state index in [4.69, 9.17) is 9.47 Å². The highest BCUT2D eigenvalue weighted by Gasteiger charge is 2.59. The van der Waals surface area contributed by atoms with Crippen LogP contribution in [0.5, 0.6) is 11.5 Å². The third-order valence-electron chi connectivity index (χ3n) is 15.5. The summed E-state index contributed by atoms with van der Waals surface area (Å²) < 4.78 is 57.4. The number of hydrogen-bond donors (Lipinski definition) is 4. The van der Waals surface area contributed by atoms with Gasteiger partial charge in [0.2, 0.25) is 35.1 Å². The number of aromatic nitrogens is 2. The maximum atomic E-state index is 15.1. The number of halogens is 3. The van der Waals surface area contributed by atoms with Crippen molar-refractivity contribution >= 4 is 51.9 Å². The summed E-state index contributed by atoms with van der Waals surface area (Å²) in [5.74, 6) is -0.953. The van der Waals surface area contributed by atoms with Crippen LogP contribution in [-0.4, -0.2) is 120 Å². The van der Waals surface area contributed by atoms with Crippen LogP contribution in [-0.2, 0) is 24.0 Å². The van der Waals surface area contributed by atoms with Crippen molar-refractivity contribution in [3.8, 4) is 28.8 Å². The number of carbonyl (C=O) groups excluding carboxylic acids is 5. The lowest BCUT2D eigenvalue weighted by molar-refractivity contribution is -0.260. The number of alkyl halides is 3. The fourth-order valence-electron chi connectivity index (χ4n) is 11.3. The normalized spacial score (nSPS) is 20.8. The van der Waals surface area contributed by atoms with E-state index >= 15 is 13.2 Å². The van der Waals surface area contributed by atoms with Gasteiger partial charge in [-0.05, 0) is 123 Å². The summed E-state index contributed by atoms with van der Waals surface area (Å²) in [4.78, 5) is 78.3. The SMILES string of the molecule is N#Cc1cccc2[nH]c(-c3ccccc3OC3(C(F)(F)F)CCN(C(=O)[C@H]4CC(=O)Nc5ccc(OCCNC(=O)C6CCN(CC7CCN(c8cc(C9CCC(=O)NC9=O)ccn8)CC7)CC6)cc54)CC3)cc12. The Morgan fingerprint density at radius 3 is 2.41 bits per heavy atom. The lowest BCUT2D eigenvalue weighted by Gasteiger charge is -2.43. The molecule has 74 heavy (non-hydrogen) atoms. The van der Waals surface area contributed by atoms with E-state index in [0.717, 1.165) is 69.8 Å². The molecule has 2 aromatic heterocycles. The molecule has 386 valence electrons. The molecule has 5 aromatic rings. The van der Waals surface area contributed by atoms with E-state index in [1.165, 1.54) is 11.0 Å². The first-order valence-corrected chi connectivity index (χ1v) is 25.5. The summed E-state index contributed by atoms with van der Waals surface area (Å²) in [6.07, 6.45) is 0.0623. The van der Waals surface area contributed by atoms with Crippen molar-refractivity contribution in [1.29, 1.82) is 5.26 Å². The third kappa shape index (κ3) is 10.6. The average molecular weight is 1010 g/mol. The number of para-hydroxylation sites is 1. The van der Waals surface area contributed by atoms with E-state index in [9.17, 15) is 29.2 Å². The van der Waals surface area contributed by atoms with Gasteiger partial charge >= 0.3 is 6.18 Å². The Labute approximate surface area is 425 Å². The fourth-order valence-corrected chi connectivity index (χ4v) is 11.3. The fraction of sp³-hybridized carbons (Fsp3) is 0.436. The maximum absolute atomic E-state index is 15.1. The summed E-state index contributed by atoms with van der Waals surface area (Å²) in [6, 6.07) is 24.3. The number of pyridine rings is 1. The number of benzene rings is 3. The topological polar surface area (TPSA) is 202 Å². The molecular formula is C55H58F3N9O7. The van der Waals surface area contributed by atoms with E-state index in [0.29, 0.717) is 63.5 Å². The van der Waals surface area contributed by atoms with Gasteiger partial charge in [-0.2, -0.15) is 18.4 Å². The number of nitriles is 1. The van der Waals surface area contributed by atoms with E-state index in [1.807, 2.05) is 12.1 Å². The monoisotopic (exact) mass is 1010 g/mol. The largest absolute Gasteiger partial charge is 0.492 e. The van der Waals surface area contributed by atoms with Gasteiger partial charge in [-0.25, -0.2) is 4.98 Å². The molecule has 4 fully saturated rings. The number of H-pyrrole nitrogens is 1. The van der Waals surface area contributed by atoms with Crippen LogP contribution in [0, 0.1) is 23.2 Å². The van der Waals surface area contributed by atoms with Gasteiger partial charge in [-0.1, -0.05) is 18.2 Å². The van der Waals surface area contributed by atoms with E-state index in [-0.39, 0.29) is 73.9 Å². The first-order valence-electron chi connectivity index (χ1n) is 25.5. The van der Waals surface area contributed by atoms with Crippen LogP contribution in [0.15, 0.2) is 85.1 Å². The van der Waals surface area contributed by atoms with Crippen molar-refractivity contribution in [3.63, 3.8) is 0 Å². The van der Waals surface area contributed by atoms with Crippen LogP contribution >= 0.6 is 0 Å². The molecule has 0 radical (unpaired) electrons. The van der Waals surface area contributed by atoms with Crippen LogP contribution in [0.1, 0.15) is 86.3 Å². The van der Waals surface area contributed by atoms with Crippen LogP contribution in [0.3, 0.4) is 0 Å². The van der Waals surface area contributed by atoms with Gasteiger partial charge in [-0.3, -0.25) is 29.3 Å². The van der Waals surface area contributed by atoms with Gasteiger partial charge < -0.3 is 39.8 Å². The Balaban J connectivity index is 0.683. The van der Waals surface area contributed by atoms with Crippen LogP contribution in [0.25, 0.3) is 22.2 Å². The van der Waals surface area contributed by atoms with Crippen molar-refractivity contribution in [2.75, 3.05) is 69.2 Å². The smallest absolute Gasteiger partial charge is 0.428 e. The molecule has 4 N–H and O–H groups in total. The van der Waals surface area contributed by atoms with E-state index in [1.54, 1.807) is 66.9 Å². The predicted octanol–water partition coefficient (Wildman–Crippen LogP) is 7.17. The number of rotatable bonds is 13. The number of anilines is 2. The van der Waals surface area contributed by atoms with Crippen molar-refractivity contribution in [2.45, 2.75) is 81.4 Å². The summed E-state index contributed by atoms with van der Waals surface area (Å²) in [5, 5.41) is 18.5. The number of likely N-dealkylation sites (tertiary alicyclic amines) is 2. The molecule has 5 aliphatic heterocycles. The zero-order valence-electron chi connectivity index (χ0n) is 40.8. The van der Waals surface area contributed by atoms with Gasteiger partial charge in [0.1, 0.15) is 23.9 Å². The highest BCUT2D eigenvalue weighted by atomic mass is 19.4. The number of nitrogens with zero attached hydrogens (tertiary/aromatic N) is 5. The molecule has 19 heteroatoms. The first-order chi connectivity index (χ1) is 35.7. The molecular weight excluding hydrogens is 956 g/mol. The van der Waals surface area contributed by atoms with Gasteiger partial charge in [-0.15, -0.1) is 0 Å². The Hall–Kier alpha value is -7.46. The number of piperidine rings is 4. The molecule has 0 bridgehead atoms. The number of fused-ring (bicyclic) bond motifs is 2. The number of imide groups is 1. The van der Waals surface area contributed by atoms with Crippen molar-refractivity contribution < 1.29 is 46.6 Å². The first kappa shape index (κ1) is 50.1. The summed E-state index contributed by atoms with van der Waals surface area (Å²) in [5.41, 5.74) is 1.17. The second kappa shape index (κ2) is 21.2. The average Bonchev–Trinajstić information content (AvgIpc) is 3.85. The Morgan fingerprint density at radius 2 is 1.65 bits per heavy atom. The molecule has 0 saturated carbocycles. The van der Waals surface area contributed by atoms with Crippen LogP contribution in [0.2, 0.25) is 0 Å². The third-order valence-corrected chi connectivity index (χ3v) is 15.5. The quantitative estimate of drug-likeness (QED) is 0.0688. The number of nitrogens with one attached hydrogen (secondary N) is 4. The molecule has 5 amide bonds. The highest BCUT2D eigenvalue weighted by molar-refractivity contribution is 6.02. The van der Waals surface area contributed by atoms with Crippen LogP contribution < -0.4 is 30.3 Å². The second-order valence-corrected chi connectivity index (χ2v) is 20.1. The lowest BCUT2D eigenvalue weighted by atomic mass is 9.86. The minimum Gasteiger partial charge on any atom is -0.492 e. The van der Waals surface area contributed by atoms with Crippen molar-refractivity contribution in [2.24, 2.45) is 11.8 Å². The minimum atomic E-state index is -4.79.